The van der Waals surface area contributed by atoms with Gasteiger partial charge in [0.2, 0.25) is 5.91 Å². The number of aliphatic carboxylic acids is 1. The van der Waals surface area contributed by atoms with Gasteiger partial charge in [-0.1, -0.05) is 26.8 Å². The van der Waals surface area contributed by atoms with Crippen molar-refractivity contribution in [1.82, 2.24) is 10.6 Å². The first-order valence-corrected chi connectivity index (χ1v) is 8.62. The number of carboxylic acids is 1. The third kappa shape index (κ3) is 4.84. The number of benzene rings is 1. The fourth-order valence-electron chi connectivity index (χ4n) is 2.67. The van der Waals surface area contributed by atoms with Crippen molar-refractivity contribution in [2.45, 2.75) is 39.7 Å². The lowest BCUT2D eigenvalue weighted by atomic mass is 10.0. The van der Waals surface area contributed by atoms with Crippen LogP contribution in [0.2, 0.25) is 0 Å². The molecule has 1 aromatic carbocycles. The third-order valence-corrected chi connectivity index (χ3v) is 4.04. The molecule has 1 aromatic heterocycles. The van der Waals surface area contributed by atoms with Gasteiger partial charge >= 0.3 is 5.97 Å². The predicted octanol–water partition coefficient (Wildman–Crippen LogP) is 2.34. The van der Waals surface area contributed by atoms with Crippen LogP contribution < -0.4 is 10.6 Å². The molecule has 0 bridgehead atoms. The van der Waals surface area contributed by atoms with Gasteiger partial charge in [-0.25, -0.2) is 4.79 Å². The Kier molecular flexibility index (Phi) is 6.38. The van der Waals surface area contributed by atoms with Crippen molar-refractivity contribution < 1.29 is 23.9 Å². The molecule has 0 saturated heterocycles. The summed E-state index contributed by atoms with van der Waals surface area (Å²) in [6.07, 6.45) is 2.51. The summed E-state index contributed by atoms with van der Waals surface area (Å²) in [5, 5.41) is 14.8. The van der Waals surface area contributed by atoms with Gasteiger partial charge in [-0.15, -0.1) is 0 Å². The Morgan fingerprint density at radius 3 is 2.58 bits per heavy atom. The molecule has 1 atom stereocenters. The van der Waals surface area contributed by atoms with Crippen LogP contribution in [0.3, 0.4) is 0 Å². The maximum Gasteiger partial charge on any atom is 0.326 e. The standard InChI is InChI=1S/C19H24N2O5/c1-4-12-5-6-16-13(8-12)14(10-26-16)18(23)20-9-17(22)21-15(19(24)25)7-11(2)3/h5-6,8,10-11,15H,4,7,9H2,1-3H3,(H,20,23)(H,21,22)(H,24,25)/t15-/m0/s1. The van der Waals surface area contributed by atoms with Crippen molar-refractivity contribution >= 4 is 28.8 Å². The van der Waals surface area contributed by atoms with Gasteiger partial charge in [-0.3, -0.25) is 9.59 Å². The number of carbonyl (C=O) groups is 3. The summed E-state index contributed by atoms with van der Waals surface area (Å²) in [4.78, 5) is 35.5. The maximum absolute atomic E-state index is 12.4. The molecule has 2 rings (SSSR count). The zero-order chi connectivity index (χ0) is 19.3. The quantitative estimate of drug-likeness (QED) is 0.669. The highest BCUT2D eigenvalue weighted by Crippen LogP contribution is 2.22. The van der Waals surface area contributed by atoms with Gasteiger partial charge in [-0.2, -0.15) is 0 Å². The second kappa shape index (κ2) is 8.51. The number of nitrogens with one attached hydrogen (secondary N) is 2. The van der Waals surface area contributed by atoms with Crippen molar-refractivity contribution in [3.8, 4) is 0 Å². The molecule has 7 heteroatoms. The lowest BCUT2D eigenvalue weighted by molar-refractivity contribution is -0.142. The van der Waals surface area contributed by atoms with Crippen LogP contribution in [0, 0.1) is 5.92 Å². The molecule has 3 N–H and O–H groups in total. The highest BCUT2D eigenvalue weighted by Gasteiger charge is 2.21. The van der Waals surface area contributed by atoms with Gasteiger partial charge in [0.15, 0.2) is 0 Å². The van der Waals surface area contributed by atoms with E-state index in [1.807, 2.05) is 32.9 Å². The number of amides is 2. The van der Waals surface area contributed by atoms with E-state index in [0.29, 0.717) is 23.0 Å². The SMILES string of the molecule is CCc1ccc2occ(C(=O)NCC(=O)N[C@@H](CC(C)C)C(=O)O)c2c1. The van der Waals surface area contributed by atoms with Crippen LogP contribution in [0.5, 0.6) is 0 Å². The zero-order valence-electron chi connectivity index (χ0n) is 15.2. The Hall–Kier alpha value is -2.83. The maximum atomic E-state index is 12.4. The number of aryl methyl sites for hydroxylation is 1. The van der Waals surface area contributed by atoms with Crippen molar-refractivity contribution in [3.63, 3.8) is 0 Å². The zero-order valence-corrected chi connectivity index (χ0v) is 15.2. The molecular formula is C19H24N2O5. The first-order chi connectivity index (χ1) is 12.3. The van der Waals surface area contributed by atoms with Crippen LogP contribution in [0.4, 0.5) is 0 Å². The molecule has 2 amide bonds. The van der Waals surface area contributed by atoms with E-state index in [9.17, 15) is 14.4 Å². The summed E-state index contributed by atoms with van der Waals surface area (Å²) >= 11 is 0. The number of carboxylic acid groups (broad SMARTS) is 1. The monoisotopic (exact) mass is 360 g/mol. The normalized spacial score (nSPS) is 12.2. The molecule has 1 heterocycles. The number of rotatable bonds is 8. The van der Waals surface area contributed by atoms with E-state index in [2.05, 4.69) is 10.6 Å². The summed E-state index contributed by atoms with van der Waals surface area (Å²) in [7, 11) is 0. The van der Waals surface area contributed by atoms with Crippen molar-refractivity contribution in [1.29, 1.82) is 0 Å². The molecular weight excluding hydrogens is 336 g/mol. The van der Waals surface area contributed by atoms with Crippen LogP contribution in [-0.4, -0.2) is 35.5 Å². The molecule has 0 spiro atoms. The lowest BCUT2D eigenvalue weighted by Crippen LogP contribution is -2.46. The van der Waals surface area contributed by atoms with Crippen LogP contribution in [0.25, 0.3) is 11.0 Å². The van der Waals surface area contributed by atoms with E-state index in [-0.39, 0.29) is 12.5 Å². The van der Waals surface area contributed by atoms with E-state index in [4.69, 9.17) is 9.52 Å². The summed E-state index contributed by atoms with van der Waals surface area (Å²) in [5.41, 5.74) is 2.02. The molecule has 0 radical (unpaired) electrons. The molecule has 0 aliphatic carbocycles. The van der Waals surface area contributed by atoms with Crippen molar-refractivity contribution in [3.05, 3.63) is 35.6 Å². The van der Waals surface area contributed by atoms with Gasteiger partial charge < -0.3 is 20.2 Å². The van der Waals surface area contributed by atoms with Crippen LogP contribution in [0.15, 0.2) is 28.9 Å². The molecule has 0 aliphatic heterocycles. The average molecular weight is 360 g/mol. The molecule has 0 unspecified atom stereocenters. The van der Waals surface area contributed by atoms with E-state index in [1.54, 1.807) is 6.07 Å². The van der Waals surface area contributed by atoms with Gasteiger partial charge in [0.1, 0.15) is 17.9 Å². The number of hydrogen-bond donors (Lipinski definition) is 3. The number of carbonyl (C=O) groups excluding carboxylic acids is 2. The highest BCUT2D eigenvalue weighted by molar-refractivity contribution is 6.07. The Labute approximate surface area is 151 Å². The van der Waals surface area contributed by atoms with E-state index >= 15 is 0 Å². The first kappa shape index (κ1) is 19.5. The van der Waals surface area contributed by atoms with Gasteiger partial charge in [0, 0.05) is 5.39 Å². The Morgan fingerprint density at radius 1 is 1.23 bits per heavy atom. The second-order valence-electron chi connectivity index (χ2n) is 6.60. The van der Waals surface area contributed by atoms with Crippen molar-refractivity contribution in [2.24, 2.45) is 5.92 Å². The molecule has 26 heavy (non-hydrogen) atoms. The lowest BCUT2D eigenvalue weighted by Gasteiger charge is -2.16. The number of hydrogen-bond acceptors (Lipinski definition) is 4. The largest absolute Gasteiger partial charge is 0.480 e. The fraction of sp³-hybridized carbons (Fsp3) is 0.421. The Morgan fingerprint density at radius 2 is 1.96 bits per heavy atom. The second-order valence-corrected chi connectivity index (χ2v) is 6.60. The van der Waals surface area contributed by atoms with Crippen molar-refractivity contribution in [2.75, 3.05) is 6.54 Å². The minimum Gasteiger partial charge on any atom is -0.480 e. The van der Waals surface area contributed by atoms with Gasteiger partial charge in [0.05, 0.1) is 12.1 Å². The minimum atomic E-state index is -1.09. The predicted molar refractivity (Wildman–Crippen MR) is 96.9 cm³/mol. The number of furan rings is 1. The van der Waals surface area contributed by atoms with Gasteiger partial charge in [0.25, 0.3) is 5.91 Å². The van der Waals surface area contributed by atoms with Crippen LogP contribution in [0.1, 0.15) is 43.1 Å². The summed E-state index contributed by atoms with van der Waals surface area (Å²) in [6, 6.07) is 4.65. The van der Waals surface area contributed by atoms with Crippen LogP contribution >= 0.6 is 0 Å². The molecule has 2 aromatic rings. The Balaban J connectivity index is 2.00. The molecule has 0 aliphatic rings. The Bertz CT molecular complexity index is 809. The molecule has 0 saturated carbocycles. The van der Waals surface area contributed by atoms with E-state index in [0.717, 1.165) is 12.0 Å². The van der Waals surface area contributed by atoms with Crippen LogP contribution in [-0.2, 0) is 16.0 Å². The average Bonchev–Trinajstić information content (AvgIpc) is 3.01. The summed E-state index contributed by atoms with van der Waals surface area (Å²) < 4.78 is 5.38. The summed E-state index contributed by atoms with van der Waals surface area (Å²) in [6.45, 7) is 5.46. The highest BCUT2D eigenvalue weighted by atomic mass is 16.4. The first-order valence-electron chi connectivity index (χ1n) is 8.62. The smallest absolute Gasteiger partial charge is 0.326 e. The topological polar surface area (TPSA) is 109 Å². The third-order valence-electron chi connectivity index (χ3n) is 4.04. The molecule has 140 valence electrons. The minimum absolute atomic E-state index is 0.121. The van der Waals surface area contributed by atoms with E-state index in [1.165, 1.54) is 6.26 Å². The molecule has 0 fully saturated rings. The summed E-state index contributed by atoms with van der Waals surface area (Å²) in [5.74, 6) is -1.96. The van der Waals surface area contributed by atoms with Gasteiger partial charge in [-0.05, 0) is 36.5 Å². The molecule has 7 nitrogen and oxygen atoms in total. The van der Waals surface area contributed by atoms with E-state index < -0.39 is 23.8 Å². The fourth-order valence-corrected chi connectivity index (χ4v) is 2.67. The number of fused-ring (bicyclic) bond motifs is 1.